The van der Waals surface area contributed by atoms with Gasteiger partial charge in [0.05, 0.1) is 12.2 Å². The molecule has 1 unspecified atom stereocenters. The van der Waals surface area contributed by atoms with Gasteiger partial charge >= 0.3 is 0 Å². The third kappa shape index (κ3) is 4.01. The molecule has 1 atom stereocenters. The van der Waals surface area contributed by atoms with Gasteiger partial charge in [0.1, 0.15) is 17.1 Å². The maximum Gasteiger partial charge on any atom is 0.220 e. The lowest BCUT2D eigenvalue weighted by molar-refractivity contribution is -0.122. The zero-order valence-corrected chi connectivity index (χ0v) is 14.4. The highest BCUT2D eigenvalue weighted by Crippen LogP contribution is 2.26. The lowest BCUT2D eigenvalue weighted by Gasteiger charge is -2.23. The van der Waals surface area contributed by atoms with Gasteiger partial charge in [0.2, 0.25) is 5.91 Å². The number of carbonyl (C=O) groups excluding carboxylic acids is 1. The minimum Gasteiger partial charge on any atom is -0.466 e. The lowest BCUT2D eigenvalue weighted by atomic mass is 9.96. The molecule has 2 heterocycles. The first-order valence-electron chi connectivity index (χ1n) is 7.77. The second-order valence-corrected chi connectivity index (χ2v) is 6.29. The van der Waals surface area contributed by atoms with E-state index in [2.05, 4.69) is 15.5 Å². The predicted molar refractivity (Wildman–Crippen MR) is 87.1 cm³/mol. The number of nitrogens with one attached hydrogen (secondary N) is 2. The molecule has 0 bridgehead atoms. The minimum atomic E-state index is -1.15. The quantitative estimate of drug-likeness (QED) is 0.761. The van der Waals surface area contributed by atoms with Crippen molar-refractivity contribution in [2.75, 3.05) is 6.54 Å². The van der Waals surface area contributed by atoms with Gasteiger partial charge in [-0.2, -0.15) is 5.10 Å². The van der Waals surface area contributed by atoms with E-state index >= 15 is 0 Å². The molecule has 0 aliphatic rings. The Morgan fingerprint density at radius 3 is 2.61 bits per heavy atom. The molecule has 2 aromatic heterocycles. The highest BCUT2D eigenvalue weighted by molar-refractivity contribution is 5.76. The summed E-state index contributed by atoms with van der Waals surface area (Å²) in [5, 5.41) is 20.4. The topological polar surface area (TPSA) is 91.1 Å². The summed E-state index contributed by atoms with van der Waals surface area (Å²) in [4.78, 5) is 12.1. The number of hydrogen-bond donors (Lipinski definition) is 3. The summed E-state index contributed by atoms with van der Waals surface area (Å²) in [7, 11) is 0. The number of nitrogens with zero attached hydrogens (tertiary/aromatic N) is 1. The van der Waals surface area contributed by atoms with Crippen LogP contribution in [0.3, 0.4) is 0 Å². The van der Waals surface area contributed by atoms with Crippen LogP contribution in [0.2, 0.25) is 0 Å². The van der Waals surface area contributed by atoms with Crippen LogP contribution < -0.4 is 5.32 Å². The molecule has 6 heteroatoms. The molecule has 0 aliphatic heterocycles. The van der Waals surface area contributed by atoms with Crippen molar-refractivity contribution in [3.05, 3.63) is 40.1 Å². The summed E-state index contributed by atoms with van der Waals surface area (Å²) < 4.78 is 5.45. The van der Waals surface area contributed by atoms with E-state index in [1.807, 2.05) is 27.7 Å². The smallest absolute Gasteiger partial charge is 0.220 e. The van der Waals surface area contributed by atoms with E-state index in [1.54, 1.807) is 13.0 Å². The zero-order valence-electron chi connectivity index (χ0n) is 14.4. The normalized spacial score (nSPS) is 13.8. The Labute approximate surface area is 136 Å². The van der Waals surface area contributed by atoms with Crippen LogP contribution in [0.25, 0.3) is 0 Å². The number of furan rings is 1. The molecule has 0 fully saturated rings. The average molecular weight is 319 g/mol. The molecule has 0 aliphatic carbocycles. The van der Waals surface area contributed by atoms with Crippen molar-refractivity contribution in [3.8, 4) is 0 Å². The largest absolute Gasteiger partial charge is 0.466 e. The summed E-state index contributed by atoms with van der Waals surface area (Å²) in [5.74, 6) is 1.32. The van der Waals surface area contributed by atoms with Crippen LogP contribution in [0.1, 0.15) is 47.4 Å². The van der Waals surface area contributed by atoms with Gasteiger partial charge in [-0.3, -0.25) is 9.89 Å². The van der Waals surface area contributed by atoms with Crippen molar-refractivity contribution in [1.29, 1.82) is 0 Å². The van der Waals surface area contributed by atoms with Crippen molar-refractivity contribution in [2.24, 2.45) is 0 Å². The number of aryl methyl sites for hydroxylation is 4. The number of aliphatic hydroxyl groups is 1. The van der Waals surface area contributed by atoms with E-state index in [1.165, 1.54) is 0 Å². The Morgan fingerprint density at radius 1 is 1.39 bits per heavy atom. The average Bonchev–Trinajstić information content (AvgIpc) is 2.97. The van der Waals surface area contributed by atoms with Gasteiger partial charge in [0.25, 0.3) is 0 Å². The molecule has 23 heavy (non-hydrogen) atoms. The maximum atomic E-state index is 12.1. The molecule has 2 rings (SSSR count). The molecule has 0 saturated heterocycles. The van der Waals surface area contributed by atoms with Gasteiger partial charge in [0.15, 0.2) is 0 Å². The van der Waals surface area contributed by atoms with Crippen LogP contribution in [-0.4, -0.2) is 27.8 Å². The van der Waals surface area contributed by atoms with Crippen molar-refractivity contribution >= 4 is 5.91 Å². The summed E-state index contributed by atoms with van der Waals surface area (Å²) in [6.45, 7) is 9.33. The summed E-state index contributed by atoms with van der Waals surface area (Å²) >= 11 is 0. The second kappa shape index (κ2) is 6.58. The number of rotatable bonds is 6. The molecule has 0 spiro atoms. The number of amides is 1. The van der Waals surface area contributed by atoms with Crippen LogP contribution in [0, 0.1) is 27.7 Å². The number of hydrogen-bond acceptors (Lipinski definition) is 4. The fourth-order valence-electron chi connectivity index (χ4n) is 2.80. The predicted octanol–water partition coefficient (Wildman–Crippen LogP) is 2.19. The van der Waals surface area contributed by atoms with Gasteiger partial charge in [-0.1, -0.05) is 0 Å². The van der Waals surface area contributed by atoms with E-state index in [9.17, 15) is 9.90 Å². The van der Waals surface area contributed by atoms with E-state index in [0.29, 0.717) is 24.2 Å². The SMILES string of the molecule is Cc1cc(C(C)(O)CNC(=O)CCc2c(C)n[nH]c2C)c(C)o1. The van der Waals surface area contributed by atoms with E-state index in [0.717, 1.165) is 22.7 Å². The highest BCUT2D eigenvalue weighted by Gasteiger charge is 2.28. The molecule has 3 N–H and O–H groups in total. The number of aromatic nitrogens is 2. The summed E-state index contributed by atoms with van der Waals surface area (Å²) in [6.07, 6.45) is 0.993. The van der Waals surface area contributed by atoms with Crippen molar-refractivity contribution in [3.63, 3.8) is 0 Å². The van der Waals surface area contributed by atoms with Gasteiger partial charge in [-0.15, -0.1) is 0 Å². The second-order valence-electron chi connectivity index (χ2n) is 6.29. The Hall–Kier alpha value is -2.08. The lowest BCUT2D eigenvalue weighted by Crippen LogP contribution is -2.38. The van der Waals surface area contributed by atoms with Gasteiger partial charge < -0.3 is 14.8 Å². The third-order valence-electron chi connectivity index (χ3n) is 4.13. The number of carbonyl (C=O) groups is 1. The molecule has 6 nitrogen and oxygen atoms in total. The van der Waals surface area contributed by atoms with Crippen molar-refractivity contribution < 1.29 is 14.3 Å². The van der Waals surface area contributed by atoms with Gasteiger partial charge in [-0.25, -0.2) is 0 Å². The van der Waals surface area contributed by atoms with E-state index in [-0.39, 0.29) is 12.5 Å². The molecule has 1 amide bonds. The Balaban J connectivity index is 1.90. The molecule has 2 aromatic rings. The van der Waals surface area contributed by atoms with Crippen molar-refractivity contribution in [2.45, 2.75) is 53.1 Å². The van der Waals surface area contributed by atoms with Crippen LogP contribution in [0.4, 0.5) is 0 Å². The van der Waals surface area contributed by atoms with E-state index in [4.69, 9.17) is 4.42 Å². The first-order valence-corrected chi connectivity index (χ1v) is 7.77. The van der Waals surface area contributed by atoms with Gasteiger partial charge in [0, 0.05) is 17.7 Å². The Bertz CT molecular complexity index is 679. The highest BCUT2D eigenvalue weighted by atomic mass is 16.3. The molecule has 126 valence electrons. The molecule has 0 saturated carbocycles. The Kier molecular flexibility index (Phi) is 4.94. The fourth-order valence-corrected chi connectivity index (χ4v) is 2.80. The maximum absolute atomic E-state index is 12.1. The Morgan fingerprint density at radius 2 is 2.09 bits per heavy atom. The molecule has 0 radical (unpaired) electrons. The standard InChI is InChI=1S/C17H25N3O3/c1-10-8-15(13(4)23-10)17(5,22)9-18-16(21)7-6-14-11(2)19-20-12(14)3/h8,22H,6-7,9H2,1-5H3,(H,18,21)(H,19,20). The minimum absolute atomic E-state index is 0.0943. The first kappa shape index (κ1) is 17.3. The summed E-state index contributed by atoms with van der Waals surface area (Å²) in [6, 6.07) is 1.81. The van der Waals surface area contributed by atoms with Crippen LogP contribution in [0.5, 0.6) is 0 Å². The summed E-state index contributed by atoms with van der Waals surface area (Å²) in [5.41, 5.74) is 2.54. The first-order chi connectivity index (χ1) is 10.7. The third-order valence-corrected chi connectivity index (χ3v) is 4.13. The monoisotopic (exact) mass is 319 g/mol. The molecule has 0 aromatic carbocycles. The van der Waals surface area contributed by atoms with Gasteiger partial charge in [-0.05, 0) is 52.7 Å². The van der Waals surface area contributed by atoms with Crippen LogP contribution in [0.15, 0.2) is 10.5 Å². The zero-order chi connectivity index (χ0) is 17.2. The van der Waals surface area contributed by atoms with Crippen molar-refractivity contribution in [1.82, 2.24) is 15.5 Å². The molecular weight excluding hydrogens is 294 g/mol. The van der Waals surface area contributed by atoms with E-state index < -0.39 is 5.60 Å². The number of aromatic amines is 1. The number of H-pyrrole nitrogens is 1. The molecular formula is C17H25N3O3. The van der Waals surface area contributed by atoms with Crippen LogP contribution >= 0.6 is 0 Å². The van der Waals surface area contributed by atoms with Crippen LogP contribution in [-0.2, 0) is 16.8 Å². The fraction of sp³-hybridized carbons (Fsp3) is 0.529.